The van der Waals surface area contributed by atoms with Gasteiger partial charge in [0.05, 0.1) is 11.1 Å². The summed E-state index contributed by atoms with van der Waals surface area (Å²) >= 11 is 0. The molecule has 0 aliphatic heterocycles. The van der Waals surface area contributed by atoms with Crippen molar-refractivity contribution in [2.45, 2.75) is 44.1 Å². The van der Waals surface area contributed by atoms with E-state index in [9.17, 15) is 13.6 Å². The molecule has 0 aromatic carbocycles. The largest absolute Gasteiger partial charge is 0.443 e. The van der Waals surface area contributed by atoms with Crippen molar-refractivity contribution in [1.29, 1.82) is 0 Å². The van der Waals surface area contributed by atoms with Crippen LogP contribution in [0.25, 0.3) is 0 Å². The summed E-state index contributed by atoms with van der Waals surface area (Å²) in [7, 11) is 0. The smallest absolute Gasteiger partial charge is 0.419 e. The maximum atomic E-state index is 13.4. The van der Waals surface area contributed by atoms with Gasteiger partial charge in [-0.15, -0.1) is 0 Å². The molecule has 106 valence electrons. The van der Waals surface area contributed by atoms with Crippen molar-refractivity contribution in [3.8, 4) is 0 Å². The molecule has 1 atom stereocenters. The second-order valence-corrected chi connectivity index (χ2v) is 5.81. The van der Waals surface area contributed by atoms with Gasteiger partial charge >= 0.3 is 6.09 Å². The predicted octanol–water partition coefficient (Wildman–Crippen LogP) is 1.90. The van der Waals surface area contributed by atoms with Crippen LogP contribution in [-0.2, 0) is 10.2 Å². The summed E-state index contributed by atoms with van der Waals surface area (Å²) in [5, 5.41) is 0. The quantitative estimate of drug-likeness (QED) is 0.893. The number of rotatable bonds is 2. The zero-order chi connectivity index (χ0) is 14.5. The first kappa shape index (κ1) is 13.9. The van der Waals surface area contributed by atoms with E-state index in [0.717, 1.165) is 4.57 Å². The van der Waals surface area contributed by atoms with Gasteiger partial charge in [0.1, 0.15) is 11.9 Å². The Balaban J connectivity index is 2.19. The molecule has 1 aliphatic carbocycles. The van der Waals surface area contributed by atoms with E-state index in [4.69, 9.17) is 10.5 Å². The Bertz CT molecular complexity index is 507. The number of carbonyl (C=O) groups is 1. The molecule has 0 spiro atoms. The lowest BCUT2D eigenvalue weighted by Crippen LogP contribution is -2.28. The Hall–Kier alpha value is -1.50. The van der Waals surface area contributed by atoms with Crippen LogP contribution < -0.4 is 5.73 Å². The molecular formula is C12H17F2N3O2. The van der Waals surface area contributed by atoms with E-state index in [1.165, 1.54) is 12.5 Å². The molecule has 1 aromatic rings. The molecule has 5 nitrogen and oxygen atoms in total. The molecule has 1 saturated carbocycles. The molecule has 0 bridgehead atoms. The Morgan fingerprint density at radius 3 is 2.58 bits per heavy atom. The number of nitrogens with two attached hydrogens (primary N) is 1. The van der Waals surface area contributed by atoms with E-state index in [-0.39, 0.29) is 18.7 Å². The number of aromatic nitrogens is 2. The second kappa shape index (κ2) is 4.00. The summed E-state index contributed by atoms with van der Waals surface area (Å²) in [5.41, 5.74) is 3.46. The molecule has 1 heterocycles. The zero-order valence-electron chi connectivity index (χ0n) is 11.1. The van der Waals surface area contributed by atoms with Crippen LogP contribution in [0.3, 0.4) is 0 Å². The van der Waals surface area contributed by atoms with E-state index in [0.29, 0.717) is 0 Å². The van der Waals surface area contributed by atoms with Gasteiger partial charge < -0.3 is 10.5 Å². The van der Waals surface area contributed by atoms with Gasteiger partial charge in [0.15, 0.2) is 0 Å². The Morgan fingerprint density at radius 1 is 1.58 bits per heavy atom. The Kier molecular flexibility index (Phi) is 2.93. The highest BCUT2D eigenvalue weighted by molar-refractivity contribution is 5.70. The van der Waals surface area contributed by atoms with Crippen molar-refractivity contribution in [2.75, 3.05) is 6.54 Å². The molecule has 1 aliphatic rings. The van der Waals surface area contributed by atoms with Crippen LogP contribution in [0.2, 0.25) is 0 Å². The predicted molar refractivity (Wildman–Crippen MR) is 64.2 cm³/mol. The number of halogens is 2. The van der Waals surface area contributed by atoms with Gasteiger partial charge in [0.25, 0.3) is 5.92 Å². The van der Waals surface area contributed by atoms with E-state index in [1.54, 1.807) is 20.8 Å². The van der Waals surface area contributed by atoms with Crippen molar-refractivity contribution in [1.82, 2.24) is 9.55 Å². The van der Waals surface area contributed by atoms with Crippen molar-refractivity contribution in [2.24, 2.45) is 5.73 Å². The van der Waals surface area contributed by atoms with Crippen LogP contribution >= 0.6 is 0 Å². The first-order valence-corrected chi connectivity index (χ1v) is 5.97. The highest BCUT2D eigenvalue weighted by Crippen LogP contribution is 2.60. The molecule has 7 heteroatoms. The standard InChI is InChI=1S/C12H17F2N3O2/c1-10(2,3)19-9(18)17-4-8(16-7-17)11(6-15)5-12(11,13)14/h4,7H,5-6,15H2,1-3H3. The molecule has 0 amide bonds. The fourth-order valence-electron chi connectivity index (χ4n) is 1.92. The van der Waals surface area contributed by atoms with Gasteiger partial charge in [-0.1, -0.05) is 0 Å². The van der Waals surface area contributed by atoms with Crippen molar-refractivity contribution in [3.63, 3.8) is 0 Å². The lowest BCUT2D eigenvalue weighted by atomic mass is 10.0. The summed E-state index contributed by atoms with van der Waals surface area (Å²) in [6.45, 7) is 4.96. The summed E-state index contributed by atoms with van der Waals surface area (Å²) in [6.07, 6.45) is 1.46. The van der Waals surface area contributed by atoms with Crippen LogP contribution in [-0.4, -0.2) is 33.7 Å². The molecule has 1 unspecified atom stereocenters. The monoisotopic (exact) mass is 273 g/mol. The average Bonchev–Trinajstić information content (AvgIpc) is 2.65. The number of carbonyl (C=O) groups excluding carboxylic acids is 1. The van der Waals surface area contributed by atoms with E-state index in [2.05, 4.69) is 4.98 Å². The van der Waals surface area contributed by atoms with E-state index < -0.39 is 23.0 Å². The number of hydrogen-bond donors (Lipinski definition) is 1. The molecule has 1 aromatic heterocycles. The third kappa shape index (κ3) is 2.34. The first-order chi connectivity index (χ1) is 8.61. The second-order valence-electron chi connectivity index (χ2n) is 5.81. The van der Waals surface area contributed by atoms with Crippen LogP contribution in [0.4, 0.5) is 13.6 Å². The lowest BCUT2D eigenvalue weighted by molar-refractivity contribution is 0.0535. The first-order valence-electron chi connectivity index (χ1n) is 5.97. The minimum absolute atomic E-state index is 0.130. The highest BCUT2D eigenvalue weighted by Gasteiger charge is 2.72. The van der Waals surface area contributed by atoms with Gasteiger partial charge in [0, 0.05) is 19.2 Å². The highest BCUT2D eigenvalue weighted by atomic mass is 19.3. The topological polar surface area (TPSA) is 70.1 Å². The number of ether oxygens (including phenoxy) is 1. The normalized spacial score (nSPS) is 25.2. The SMILES string of the molecule is CC(C)(C)OC(=O)n1cnc(C2(CN)CC2(F)F)c1. The molecule has 19 heavy (non-hydrogen) atoms. The number of alkyl halides is 2. The molecule has 0 radical (unpaired) electrons. The van der Waals surface area contributed by atoms with Gasteiger partial charge in [-0.2, -0.15) is 0 Å². The Labute approximate surface area is 109 Å². The minimum Gasteiger partial charge on any atom is -0.443 e. The number of imidazole rings is 1. The van der Waals surface area contributed by atoms with Crippen LogP contribution in [0, 0.1) is 0 Å². The maximum Gasteiger partial charge on any atom is 0.419 e. The van der Waals surface area contributed by atoms with Crippen molar-refractivity contribution in [3.05, 3.63) is 18.2 Å². The summed E-state index contributed by atoms with van der Waals surface area (Å²) in [4.78, 5) is 15.6. The maximum absolute atomic E-state index is 13.4. The van der Waals surface area contributed by atoms with Gasteiger partial charge in [-0.05, 0) is 20.8 Å². The molecular weight excluding hydrogens is 256 g/mol. The van der Waals surface area contributed by atoms with Crippen LogP contribution in [0.1, 0.15) is 32.9 Å². The van der Waals surface area contributed by atoms with Crippen molar-refractivity contribution >= 4 is 6.09 Å². The third-order valence-corrected chi connectivity index (χ3v) is 3.12. The fourth-order valence-corrected chi connectivity index (χ4v) is 1.92. The van der Waals surface area contributed by atoms with Crippen LogP contribution in [0.5, 0.6) is 0 Å². The minimum atomic E-state index is -2.85. The van der Waals surface area contributed by atoms with Gasteiger partial charge in [0.2, 0.25) is 0 Å². The van der Waals surface area contributed by atoms with Crippen molar-refractivity contribution < 1.29 is 18.3 Å². The lowest BCUT2D eigenvalue weighted by Gasteiger charge is -2.19. The van der Waals surface area contributed by atoms with Crippen LogP contribution in [0.15, 0.2) is 12.5 Å². The average molecular weight is 273 g/mol. The molecule has 0 saturated heterocycles. The van der Waals surface area contributed by atoms with Gasteiger partial charge in [-0.25, -0.2) is 23.1 Å². The summed E-state index contributed by atoms with van der Waals surface area (Å²) in [5.74, 6) is -2.85. The molecule has 1 fully saturated rings. The fraction of sp³-hybridized carbons (Fsp3) is 0.667. The van der Waals surface area contributed by atoms with E-state index in [1.807, 2.05) is 0 Å². The number of nitrogens with zero attached hydrogens (tertiary/aromatic N) is 2. The summed E-state index contributed by atoms with van der Waals surface area (Å²) < 4.78 is 32.9. The number of hydrogen-bond acceptors (Lipinski definition) is 4. The van der Waals surface area contributed by atoms with Gasteiger partial charge in [-0.3, -0.25) is 0 Å². The molecule has 2 N–H and O–H groups in total. The molecule has 2 rings (SSSR count). The third-order valence-electron chi connectivity index (χ3n) is 3.12. The van der Waals surface area contributed by atoms with E-state index >= 15 is 0 Å². The zero-order valence-corrected chi connectivity index (χ0v) is 11.1. The Morgan fingerprint density at radius 2 is 2.16 bits per heavy atom. The summed E-state index contributed by atoms with van der Waals surface area (Å²) in [6, 6.07) is 0.